The predicted octanol–water partition coefficient (Wildman–Crippen LogP) is 1.22. The Bertz CT molecular complexity index is 460. The molecule has 1 aromatic rings. The molecule has 2 N–H and O–H groups in total. The Morgan fingerprint density at radius 1 is 1.26 bits per heavy atom. The van der Waals surface area contributed by atoms with Crippen LogP contribution in [0.2, 0.25) is 0 Å². The lowest BCUT2D eigenvalue weighted by atomic mass is 10.2. The number of nitrogens with one attached hydrogen (secondary N) is 2. The van der Waals surface area contributed by atoms with Crippen LogP contribution in [0.1, 0.15) is 19.3 Å². The third-order valence-corrected chi connectivity index (χ3v) is 4.07. The first kappa shape index (κ1) is 15.9. The number of methoxy groups -OCH3 is 1. The number of unbranched alkanes of at least 4 members (excludes halogenated alkanes) is 2. The molecule has 1 aromatic heterocycles. The highest BCUT2D eigenvalue weighted by molar-refractivity contribution is 7.89. The molecule has 0 aromatic carbocycles. The number of sulfonamides is 1. The van der Waals surface area contributed by atoms with E-state index in [2.05, 4.69) is 15.0 Å². The normalized spacial score (nSPS) is 11.5. The van der Waals surface area contributed by atoms with Gasteiger partial charge in [-0.15, -0.1) is 0 Å². The first-order chi connectivity index (χ1) is 9.10. The summed E-state index contributed by atoms with van der Waals surface area (Å²) in [6.07, 6.45) is 4.02. The van der Waals surface area contributed by atoms with Gasteiger partial charge in [0.05, 0.1) is 0 Å². The van der Waals surface area contributed by atoms with E-state index in [9.17, 15) is 8.42 Å². The van der Waals surface area contributed by atoms with Crippen LogP contribution in [0.25, 0.3) is 0 Å². The number of nitrogens with zero attached hydrogens (tertiary/aromatic N) is 1. The average molecular weight is 287 g/mol. The number of pyridine rings is 1. The molecule has 0 saturated heterocycles. The minimum Gasteiger partial charge on any atom is -0.385 e. The lowest BCUT2D eigenvalue weighted by molar-refractivity contribution is 0.192. The molecule has 19 heavy (non-hydrogen) atoms. The number of rotatable bonds is 9. The van der Waals surface area contributed by atoms with Gasteiger partial charge in [0.2, 0.25) is 10.0 Å². The summed E-state index contributed by atoms with van der Waals surface area (Å²) in [5.41, 5.74) is 0. The largest absolute Gasteiger partial charge is 0.385 e. The van der Waals surface area contributed by atoms with Gasteiger partial charge in [-0.2, -0.15) is 0 Å². The third kappa shape index (κ3) is 5.54. The van der Waals surface area contributed by atoms with Crippen LogP contribution in [0.15, 0.2) is 23.2 Å². The van der Waals surface area contributed by atoms with E-state index in [-0.39, 0.29) is 4.90 Å². The van der Waals surface area contributed by atoms with Crippen molar-refractivity contribution in [2.24, 2.45) is 0 Å². The second-order valence-corrected chi connectivity index (χ2v) is 5.85. The van der Waals surface area contributed by atoms with Gasteiger partial charge in [0.1, 0.15) is 10.7 Å². The van der Waals surface area contributed by atoms with Gasteiger partial charge >= 0.3 is 0 Å². The van der Waals surface area contributed by atoms with E-state index < -0.39 is 10.0 Å². The second-order valence-electron chi connectivity index (χ2n) is 4.08. The zero-order valence-corrected chi connectivity index (χ0v) is 12.2. The van der Waals surface area contributed by atoms with Crippen LogP contribution >= 0.6 is 0 Å². The van der Waals surface area contributed by atoms with E-state index in [1.54, 1.807) is 20.2 Å². The van der Waals surface area contributed by atoms with Gasteiger partial charge in [0.15, 0.2) is 0 Å². The van der Waals surface area contributed by atoms with Crippen molar-refractivity contribution in [2.45, 2.75) is 24.2 Å². The maximum absolute atomic E-state index is 11.9. The minimum atomic E-state index is -3.45. The van der Waals surface area contributed by atoms with E-state index in [0.717, 1.165) is 19.3 Å². The smallest absolute Gasteiger partial charge is 0.242 e. The maximum atomic E-state index is 11.9. The van der Waals surface area contributed by atoms with Crippen molar-refractivity contribution in [1.29, 1.82) is 0 Å². The average Bonchev–Trinajstić information content (AvgIpc) is 2.43. The molecule has 0 bridgehead atoms. The number of hydrogen-bond acceptors (Lipinski definition) is 5. The van der Waals surface area contributed by atoms with Crippen LogP contribution in [-0.4, -0.2) is 40.7 Å². The molecule has 1 heterocycles. The number of aromatic nitrogens is 1. The summed E-state index contributed by atoms with van der Waals surface area (Å²) in [5, 5.41) is 2.84. The van der Waals surface area contributed by atoms with Crippen molar-refractivity contribution in [1.82, 2.24) is 9.71 Å². The van der Waals surface area contributed by atoms with Crippen molar-refractivity contribution in [3.63, 3.8) is 0 Å². The fourth-order valence-corrected chi connectivity index (χ4v) is 2.54. The minimum absolute atomic E-state index is 0.184. The van der Waals surface area contributed by atoms with Crippen LogP contribution in [-0.2, 0) is 14.8 Å². The van der Waals surface area contributed by atoms with Gasteiger partial charge in [-0.1, -0.05) is 0 Å². The summed E-state index contributed by atoms with van der Waals surface area (Å²) < 4.78 is 31.3. The Balaban J connectivity index is 2.42. The molecular weight excluding hydrogens is 266 g/mol. The van der Waals surface area contributed by atoms with Gasteiger partial charge in [0, 0.05) is 33.5 Å². The molecular formula is C12H21N3O3S. The summed E-state index contributed by atoms with van der Waals surface area (Å²) >= 11 is 0. The first-order valence-electron chi connectivity index (χ1n) is 6.22. The Morgan fingerprint density at radius 2 is 2.05 bits per heavy atom. The molecule has 0 aliphatic rings. The van der Waals surface area contributed by atoms with Crippen molar-refractivity contribution in [3.05, 3.63) is 18.3 Å². The molecule has 7 heteroatoms. The maximum Gasteiger partial charge on any atom is 0.242 e. The predicted molar refractivity (Wildman–Crippen MR) is 74.7 cm³/mol. The van der Waals surface area contributed by atoms with Gasteiger partial charge in [-0.3, -0.25) is 0 Å². The Hall–Kier alpha value is -1.18. The summed E-state index contributed by atoms with van der Waals surface area (Å²) in [7, 11) is -0.0613. The highest BCUT2D eigenvalue weighted by Crippen LogP contribution is 2.10. The summed E-state index contributed by atoms with van der Waals surface area (Å²) in [4.78, 5) is 4.17. The van der Waals surface area contributed by atoms with Crippen molar-refractivity contribution in [2.75, 3.05) is 32.6 Å². The molecule has 0 atom stereocenters. The van der Waals surface area contributed by atoms with E-state index in [4.69, 9.17) is 4.74 Å². The highest BCUT2D eigenvalue weighted by atomic mass is 32.2. The van der Waals surface area contributed by atoms with Crippen LogP contribution in [0, 0.1) is 0 Å². The number of ether oxygens (including phenoxy) is 1. The molecule has 0 saturated carbocycles. The van der Waals surface area contributed by atoms with Crippen molar-refractivity contribution < 1.29 is 13.2 Å². The quantitative estimate of drug-likeness (QED) is 0.667. The van der Waals surface area contributed by atoms with Gasteiger partial charge < -0.3 is 10.1 Å². The molecule has 1 rings (SSSR count). The Kier molecular flexibility index (Phi) is 6.75. The van der Waals surface area contributed by atoms with Crippen molar-refractivity contribution in [3.8, 4) is 0 Å². The lowest BCUT2D eigenvalue weighted by Gasteiger charge is -2.07. The Labute approximate surface area is 114 Å². The van der Waals surface area contributed by atoms with Gasteiger partial charge in [-0.05, 0) is 31.4 Å². The molecule has 0 aliphatic heterocycles. The molecule has 0 fully saturated rings. The van der Waals surface area contributed by atoms with E-state index in [0.29, 0.717) is 19.0 Å². The molecule has 108 valence electrons. The summed E-state index contributed by atoms with van der Waals surface area (Å²) in [6.45, 7) is 1.14. The summed E-state index contributed by atoms with van der Waals surface area (Å²) in [6, 6.07) is 3.17. The topological polar surface area (TPSA) is 80.3 Å². The zero-order valence-electron chi connectivity index (χ0n) is 11.3. The molecule has 0 radical (unpaired) electrons. The van der Waals surface area contributed by atoms with Gasteiger partial charge in [0.25, 0.3) is 0 Å². The monoisotopic (exact) mass is 287 g/mol. The molecule has 0 amide bonds. The van der Waals surface area contributed by atoms with Crippen LogP contribution in [0.3, 0.4) is 0 Å². The van der Waals surface area contributed by atoms with E-state index in [1.165, 1.54) is 12.3 Å². The third-order valence-electron chi connectivity index (χ3n) is 2.62. The second kappa shape index (κ2) is 8.08. The van der Waals surface area contributed by atoms with Crippen LogP contribution < -0.4 is 10.0 Å². The highest BCUT2D eigenvalue weighted by Gasteiger charge is 2.13. The fourth-order valence-electron chi connectivity index (χ4n) is 1.53. The summed E-state index contributed by atoms with van der Waals surface area (Å²) in [5.74, 6) is 0.638. The van der Waals surface area contributed by atoms with E-state index in [1.807, 2.05) is 0 Å². The first-order valence-corrected chi connectivity index (χ1v) is 7.71. The lowest BCUT2D eigenvalue weighted by Crippen LogP contribution is -2.25. The van der Waals surface area contributed by atoms with Crippen molar-refractivity contribution >= 4 is 15.8 Å². The van der Waals surface area contributed by atoms with Gasteiger partial charge in [-0.25, -0.2) is 18.1 Å². The standard InChI is InChI=1S/C12H21N3O3S/c1-13-12-7-6-11(10-14-12)19(16,17)15-8-4-3-5-9-18-2/h6-7,10,15H,3-5,8-9H2,1-2H3,(H,13,14). The number of anilines is 1. The van der Waals surface area contributed by atoms with Crippen LogP contribution in [0.5, 0.6) is 0 Å². The Morgan fingerprint density at radius 3 is 2.63 bits per heavy atom. The molecule has 0 unspecified atom stereocenters. The molecule has 0 aliphatic carbocycles. The molecule has 0 spiro atoms. The molecule has 6 nitrogen and oxygen atoms in total. The fraction of sp³-hybridized carbons (Fsp3) is 0.583. The zero-order chi connectivity index (χ0) is 14.1. The SMILES string of the molecule is CNc1ccc(S(=O)(=O)NCCCCCOC)cn1. The number of hydrogen-bond donors (Lipinski definition) is 2. The van der Waals surface area contributed by atoms with E-state index >= 15 is 0 Å². The van der Waals surface area contributed by atoms with Crippen LogP contribution in [0.4, 0.5) is 5.82 Å².